The van der Waals surface area contributed by atoms with E-state index in [9.17, 15) is 25.3 Å². The molecule has 0 heterocycles. The van der Waals surface area contributed by atoms with Crippen LogP contribution in [-0.4, -0.2) is 55.1 Å². The predicted molar refractivity (Wildman–Crippen MR) is 80.5 cm³/mol. The molecule has 0 amide bonds. The van der Waals surface area contributed by atoms with Gasteiger partial charge in [-0.2, -0.15) is 25.3 Å². The average Bonchev–Trinajstić information content (AvgIpc) is 2.37. The number of ether oxygens (including phenoxy) is 1. The molecule has 0 N–H and O–H groups in total. The van der Waals surface area contributed by atoms with E-state index >= 15 is 0 Å². The fraction of sp³-hybridized carbons (Fsp3) is 0.800. The highest BCUT2D eigenvalue weighted by molar-refractivity contribution is 8.21. The zero-order chi connectivity index (χ0) is 18.4. The second-order valence-corrected chi connectivity index (χ2v) is 10.0. The van der Waals surface area contributed by atoms with Crippen LogP contribution in [0.3, 0.4) is 0 Å². The van der Waals surface area contributed by atoms with E-state index in [2.05, 4.69) is 23.9 Å². The van der Waals surface area contributed by atoms with Crippen LogP contribution in [0.15, 0.2) is 12.8 Å². The van der Waals surface area contributed by atoms with Crippen molar-refractivity contribution >= 4 is 30.4 Å². The maximum Gasteiger partial charge on any atom is 0.378 e. The van der Waals surface area contributed by atoms with Gasteiger partial charge in [-0.3, -0.25) is 12.5 Å². The molecule has 10 nitrogen and oxygen atoms in total. The van der Waals surface area contributed by atoms with Crippen LogP contribution in [0.5, 0.6) is 0 Å². The van der Waals surface area contributed by atoms with Crippen LogP contribution in [0.1, 0.15) is 20.8 Å². The second-order valence-electron chi connectivity index (χ2n) is 3.74. The molecule has 0 rings (SSSR count). The Kier molecular flexibility index (Phi) is 8.13. The van der Waals surface area contributed by atoms with Crippen LogP contribution in [0.25, 0.3) is 0 Å². The molecular formula is C10H20O10S3. The second kappa shape index (κ2) is 8.39. The Morgan fingerprint density at radius 2 is 1.09 bits per heavy atom. The standard InChI is InChI=1S/C10H20O10S3/c1-5-17-9-10(21(11,12)18-6-2,22(13,14)19-7-3)23(15,16)20-8-4/h5H,1,6-9H2,2-4H3. The summed E-state index contributed by atoms with van der Waals surface area (Å²) in [5, 5.41) is 0. The molecule has 0 saturated carbocycles. The third-order valence-corrected chi connectivity index (χ3v) is 10.3. The van der Waals surface area contributed by atoms with Crippen LogP contribution < -0.4 is 0 Å². The summed E-state index contributed by atoms with van der Waals surface area (Å²) in [6.07, 6.45) is 0.680. The van der Waals surface area contributed by atoms with E-state index in [4.69, 9.17) is 0 Å². The lowest BCUT2D eigenvalue weighted by Gasteiger charge is -2.29. The number of rotatable bonds is 12. The van der Waals surface area contributed by atoms with Crippen molar-refractivity contribution in [2.45, 2.75) is 24.2 Å². The summed E-state index contributed by atoms with van der Waals surface area (Å²) in [6, 6.07) is 0. The Hall–Kier alpha value is -0.730. The fourth-order valence-corrected chi connectivity index (χ4v) is 7.46. The summed E-state index contributed by atoms with van der Waals surface area (Å²) in [5.41, 5.74) is 0. The topological polar surface area (TPSA) is 139 Å². The molecule has 0 unspecified atom stereocenters. The van der Waals surface area contributed by atoms with E-state index in [0.29, 0.717) is 6.26 Å². The monoisotopic (exact) mass is 396 g/mol. The minimum absolute atomic E-state index is 0.512. The Morgan fingerprint density at radius 3 is 1.30 bits per heavy atom. The van der Waals surface area contributed by atoms with Crippen molar-refractivity contribution in [1.82, 2.24) is 0 Å². The molecule has 0 aromatic heterocycles. The summed E-state index contributed by atoms with van der Waals surface area (Å²) >= 11 is 0. The molecule has 0 fully saturated rings. The van der Waals surface area contributed by atoms with Gasteiger partial charge in [0.15, 0.2) is 0 Å². The summed E-state index contributed by atoms with van der Waals surface area (Å²) in [6.45, 7) is 3.91. The van der Waals surface area contributed by atoms with Crippen LogP contribution in [0.4, 0.5) is 0 Å². The van der Waals surface area contributed by atoms with Gasteiger partial charge in [-0.25, -0.2) is 0 Å². The summed E-state index contributed by atoms with van der Waals surface area (Å²) in [4.78, 5) is 0. The lowest BCUT2D eigenvalue weighted by Crippen LogP contribution is -2.57. The number of hydrogen-bond donors (Lipinski definition) is 0. The molecule has 0 atom stereocenters. The van der Waals surface area contributed by atoms with Gasteiger partial charge in [-0.15, -0.1) is 0 Å². The normalized spacial score (nSPS) is 13.7. The highest BCUT2D eigenvalue weighted by Crippen LogP contribution is 2.36. The SMILES string of the molecule is C=COCC(S(=O)(=O)OCC)(S(=O)(=O)OCC)S(=O)(=O)OCC. The zero-order valence-corrected chi connectivity index (χ0v) is 15.4. The Bertz CT molecular complexity index is 601. The molecular weight excluding hydrogens is 376 g/mol. The van der Waals surface area contributed by atoms with Gasteiger partial charge in [-0.05, 0) is 20.8 Å². The quantitative estimate of drug-likeness (QED) is 0.324. The molecule has 0 aliphatic carbocycles. The molecule has 0 saturated heterocycles. The maximum absolute atomic E-state index is 12.3. The van der Waals surface area contributed by atoms with Gasteiger partial charge in [0.2, 0.25) is 0 Å². The van der Waals surface area contributed by atoms with Gasteiger partial charge >= 0.3 is 33.8 Å². The minimum Gasteiger partial charge on any atom is -0.498 e. The molecule has 0 aliphatic rings. The first-order chi connectivity index (χ1) is 10.5. The average molecular weight is 396 g/mol. The van der Waals surface area contributed by atoms with Gasteiger partial charge in [0.05, 0.1) is 26.1 Å². The first-order valence-electron chi connectivity index (χ1n) is 6.39. The van der Waals surface area contributed by atoms with Gasteiger partial charge in [0.1, 0.15) is 6.61 Å². The minimum atomic E-state index is -5.26. The highest BCUT2D eigenvalue weighted by Gasteiger charge is 2.69. The molecule has 0 bridgehead atoms. The lowest BCUT2D eigenvalue weighted by atomic mass is 10.8. The molecule has 13 heteroatoms. The van der Waals surface area contributed by atoms with Crippen molar-refractivity contribution in [2.75, 3.05) is 26.4 Å². The van der Waals surface area contributed by atoms with E-state index in [1.54, 1.807) is 0 Å². The Labute approximate surface area is 136 Å². The third kappa shape index (κ3) is 4.22. The van der Waals surface area contributed by atoms with E-state index in [-0.39, 0.29) is 0 Å². The summed E-state index contributed by atoms with van der Waals surface area (Å²) in [7, 11) is -15.8. The molecule has 138 valence electrons. The van der Waals surface area contributed by atoms with Crippen molar-refractivity contribution in [2.24, 2.45) is 0 Å². The van der Waals surface area contributed by atoms with Crippen LogP contribution in [-0.2, 0) is 47.6 Å². The molecule has 0 aromatic rings. The van der Waals surface area contributed by atoms with E-state index < -0.39 is 60.2 Å². The first-order valence-corrected chi connectivity index (χ1v) is 10.6. The summed E-state index contributed by atoms with van der Waals surface area (Å²) < 4.78 is 88.2. The third-order valence-electron chi connectivity index (χ3n) is 2.34. The van der Waals surface area contributed by atoms with Gasteiger partial charge in [0, 0.05) is 0 Å². The maximum atomic E-state index is 12.3. The van der Waals surface area contributed by atoms with Crippen LogP contribution >= 0.6 is 0 Å². The Morgan fingerprint density at radius 1 is 0.783 bits per heavy atom. The molecule has 0 radical (unpaired) electrons. The smallest absolute Gasteiger partial charge is 0.378 e. The van der Waals surface area contributed by atoms with E-state index in [1.165, 1.54) is 20.8 Å². The zero-order valence-electron chi connectivity index (χ0n) is 12.9. The van der Waals surface area contributed by atoms with Crippen LogP contribution in [0.2, 0.25) is 0 Å². The first kappa shape index (κ1) is 22.3. The number of hydrogen-bond acceptors (Lipinski definition) is 10. The van der Waals surface area contributed by atoms with Gasteiger partial charge in [0.25, 0.3) is 0 Å². The predicted octanol–water partition coefficient (Wildman–Crippen LogP) is -0.101. The van der Waals surface area contributed by atoms with Gasteiger partial charge < -0.3 is 4.74 Å². The van der Waals surface area contributed by atoms with Crippen molar-refractivity contribution in [1.29, 1.82) is 0 Å². The molecule has 0 aliphatic heterocycles. The van der Waals surface area contributed by atoms with E-state index in [1.807, 2.05) is 0 Å². The van der Waals surface area contributed by atoms with Gasteiger partial charge in [-0.1, -0.05) is 6.58 Å². The largest absolute Gasteiger partial charge is 0.498 e. The van der Waals surface area contributed by atoms with E-state index in [0.717, 1.165) is 0 Å². The van der Waals surface area contributed by atoms with Crippen LogP contribution in [0, 0.1) is 0 Å². The lowest BCUT2D eigenvalue weighted by molar-refractivity contribution is 0.223. The van der Waals surface area contributed by atoms with Crippen molar-refractivity contribution in [3.63, 3.8) is 0 Å². The van der Waals surface area contributed by atoms with Crippen molar-refractivity contribution in [3.8, 4) is 0 Å². The Balaban J connectivity index is 6.81. The summed E-state index contributed by atoms with van der Waals surface area (Å²) in [5.74, 6) is 0. The fourth-order valence-electron chi connectivity index (χ4n) is 1.49. The van der Waals surface area contributed by atoms with Crippen molar-refractivity contribution < 1.29 is 42.5 Å². The molecule has 0 aromatic carbocycles. The molecule has 23 heavy (non-hydrogen) atoms. The highest BCUT2D eigenvalue weighted by atomic mass is 32.3. The molecule has 0 spiro atoms. The van der Waals surface area contributed by atoms with Crippen molar-refractivity contribution in [3.05, 3.63) is 12.8 Å².